The molecule has 1 amide bonds. The fraction of sp³-hybridized carbons (Fsp3) is 0.857. The van der Waals surface area contributed by atoms with Gasteiger partial charge in [0.2, 0.25) is 5.91 Å². The van der Waals surface area contributed by atoms with Gasteiger partial charge in [0.25, 0.3) is 0 Å². The second-order valence-electron chi connectivity index (χ2n) is 4.61. The lowest BCUT2D eigenvalue weighted by Gasteiger charge is -2.08. The third kappa shape index (κ3) is 18.7. The van der Waals surface area contributed by atoms with Crippen LogP contribution in [0.2, 0.25) is 0 Å². The average Bonchev–Trinajstić information content (AvgIpc) is 2.54. The van der Waals surface area contributed by atoms with Crippen LogP contribution in [0.3, 0.4) is 0 Å². The molecule has 0 rings (SSSR count). The summed E-state index contributed by atoms with van der Waals surface area (Å²) in [5.41, 5.74) is 0. The van der Waals surface area contributed by atoms with Crippen LogP contribution >= 0.6 is 0 Å². The Labute approximate surface area is 141 Å². The van der Waals surface area contributed by atoms with E-state index in [-0.39, 0.29) is 18.9 Å². The number of carbonyl (C=O) groups excluding carboxylic acids is 1. The highest BCUT2D eigenvalue weighted by molar-refractivity contribution is 5.77. The van der Waals surface area contributed by atoms with Gasteiger partial charge in [-0.1, -0.05) is 0 Å². The maximum absolute atomic E-state index is 11.0. The van der Waals surface area contributed by atoms with E-state index in [1.165, 1.54) is 0 Å². The Bertz CT molecular complexity index is 317. The Morgan fingerprint density at radius 3 is 1.83 bits per heavy atom. The summed E-state index contributed by atoms with van der Waals surface area (Å²) in [5.74, 6) is 3.64. The average molecular weight is 352 g/mol. The number of nitrogens with one attached hydrogen (secondary N) is 1. The van der Waals surface area contributed by atoms with Gasteiger partial charge < -0.3 is 29.4 Å². The number of carboxylic acids is 1. The Hall–Kier alpha value is -1.30. The maximum atomic E-state index is 11.0. The number of amides is 1. The highest BCUT2D eigenvalue weighted by Crippen LogP contribution is 1.90. The number of rotatable bonds is 18. The summed E-state index contributed by atoms with van der Waals surface area (Å²) in [6.07, 6.45) is 0.619. The molecular weight excluding hydrogens is 324 g/mol. The second kappa shape index (κ2) is 18.0. The van der Waals surface area contributed by atoms with Crippen LogP contribution in [0.25, 0.3) is 0 Å². The van der Waals surface area contributed by atoms with Gasteiger partial charge in [-0.15, -0.1) is 0 Å². The summed E-state index contributed by atoms with van der Waals surface area (Å²) in [5, 5.41) is 11.0. The smallest absolute Gasteiger partial charge is 0.303 e. The lowest BCUT2D eigenvalue weighted by atomic mass is 10.3. The van der Waals surface area contributed by atoms with Crippen molar-refractivity contribution in [2.45, 2.75) is 12.8 Å². The van der Waals surface area contributed by atoms with Crippen LogP contribution in [0.15, 0.2) is 0 Å². The molecular formula is C14H28N2O8. The molecule has 0 aliphatic carbocycles. The molecule has 0 aromatic heterocycles. The van der Waals surface area contributed by atoms with Crippen LogP contribution in [0.1, 0.15) is 12.8 Å². The Balaban J connectivity index is 3.05. The highest BCUT2D eigenvalue weighted by atomic mass is 16.6. The summed E-state index contributed by atoms with van der Waals surface area (Å²) in [7, 11) is 0. The van der Waals surface area contributed by atoms with Gasteiger partial charge in [-0.05, 0) is 6.42 Å². The van der Waals surface area contributed by atoms with Gasteiger partial charge in [0.1, 0.15) is 6.61 Å². The molecule has 0 heterocycles. The van der Waals surface area contributed by atoms with Gasteiger partial charge in [0.05, 0.1) is 46.2 Å². The number of hydrogen-bond donors (Lipinski definition) is 3. The molecule has 0 unspecified atom stereocenters. The maximum Gasteiger partial charge on any atom is 0.303 e. The molecule has 142 valence electrons. The topological polar surface area (TPSA) is 139 Å². The first-order valence-electron chi connectivity index (χ1n) is 7.78. The van der Waals surface area contributed by atoms with Crippen molar-refractivity contribution in [2.75, 3.05) is 66.0 Å². The Kier molecular flexibility index (Phi) is 17.1. The first-order chi connectivity index (χ1) is 11.7. The van der Waals surface area contributed by atoms with Gasteiger partial charge in [-0.2, -0.15) is 0 Å². The van der Waals surface area contributed by atoms with Crippen molar-refractivity contribution in [1.29, 1.82) is 0 Å². The van der Waals surface area contributed by atoms with Crippen molar-refractivity contribution in [3.05, 3.63) is 0 Å². The molecule has 4 N–H and O–H groups in total. The van der Waals surface area contributed by atoms with Crippen molar-refractivity contribution >= 4 is 11.9 Å². The summed E-state index contributed by atoms with van der Waals surface area (Å²) in [6.45, 7) is 3.67. The number of nitrogens with two attached hydrogens (primary N) is 1. The zero-order chi connectivity index (χ0) is 17.9. The fourth-order valence-electron chi connectivity index (χ4n) is 1.48. The van der Waals surface area contributed by atoms with E-state index in [4.69, 9.17) is 30.0 Å². The van der Waals surface area contributed by atoms with Crippen LogP contribution in [0.5, 0.6) is 0 Å². The standard InChI is InChI=1S/C14H28N2O8/c15-24-12-13(17)16-3-5-21-7-9-23-11-10-22-8-6-20-4-1-2-14(18)19/h1-12,15H2,(H,16,17)(H,18,19). The van der Waals surface area contributed by atoms with Gasteiger partial charge >= 0.3 is 5.97 Å². The number of carboxylic acid groups (broad SMARTS) is 1. The minimum atomic E-state index is -0.818. The van der Waals surface area contributed by atoms with E-state index in [9.17, 15) is 9.59 Å². The molecule has 10 heteroatoms. The SMILES string of the molecule is NOCC(=O)NCCOCCOCCOCCOCCCC(=O)O. The van der Waals surface area contributed by atoms with E-state index in [0.717, 1.165) is 0 Å². The number of ether oxygens (including phenoxy) is 4. The lowest BCUT2D eigenvalue weighted by molar-refractivity contribution is -0.137. The summed E-state index contributed by atoms with van der Waals surface area (Å²) in [6, 6.07) is 0. The summed E-state index contributed by atoms with van der Waals surface area (Å²) >= 11 is 0. The zero-order valence-corrected chi connectivity index (χ0v) is 13.9. The number of aliphatic carboxylic acids is 1. The first kappa shape index (κ1) is 22.7. The molecule has 0 saturated heterocycles. The molecule has 0 atom stereocenters. The van der Waals surface area contributed by atoms with Gasteiger partial charge in [0.15, 0.2) is 0 Å². The van der Waals surface area contributed by atoms with E-state index in [2.05, 4.69) is 10.2 Å². The van der Waals surface area contributed by atoms with Crippen molar-refractivity contribution < 1.29 is 38.5 Å². The summed E-state index contributed by atoms with van der Waals surface area (Å²) in [4.78, 5) is 25.4. The fourth-order valence-corrected chi connectivity index (χ4v) is 1.48. The summed E-state index contributed by atoms with van der Waals surface area (Å²) < 4.78 is 21.0. The van der Waals surface area contributed by atoms with E-state index in [1.807, 2.05) is 0 Å². The Morgan fingerprint density at radius 2 is 1.33 bits per heavy atom. The number of carbonyl (C=O) groups is 2. The Morgan fingerprint density at radius 1 is 0.833 bits per heavy atom. The normalized spacial score (nSPS) is 10.7. The molecule has 0 radical (unpaired) electrons. The number of hydrogen-bond acceptors (Lipinski definition) is 8. The zero-order valence-electron chi connectivity index (χ0n) is 13.9. The predicted octanol–water partition coefficient (Wildman–Crippen LogP) is -1.08. The van der Waals surface area contributed by atoms with E-state index >= 15 is 0 Å². The molecule has 0 aromatic rings. The van der Waals surface area contributed by atoms with Crippen LogP contribution in [-0.2, 0) is 33.4 Å². The third-order valence-electron chi connectivity index (χ3n) is 2.58. The van der Waals surface area contributed by atoms with E-state index in [1.54, 1.807) is 0 Å². The second-order valence-corrected chi connectivity index (χ2v) is 4.61. The molecule has 0 aliphatic rings. The van der Waals surface area contributed by atoms with E-state index in [0.29, 0.717) is 65.8 Å². The van der Waals surface area contributed by atoms with Crippen molar-refractivity contribution in [2.24, 2.45) is 5.90 Å². The first-order valence-corrected chi connectivity index (χ1v) is 7.78. The van der Waals surface area contributed by atoms with Gasteiger partial charge in [-0.3, -0.25) is 14.4 Å². The van der Waals surface area contributed by atoms with E-state index < -0.39 is 5.97 Å². The highest BCUT2D eigenvalue weighted by Gasteiger charge is 1.99. The molecule has 0 spiro atoms. The largest absolute Gasteiger partial charge is 0.481 e. The minimum absolute atomic E-state index is 0.116. The van der Waals surface area contributed by atoms with Crippen LogP contribution in [0.4, 0.5) is 0 Å². The van der Waals surface area contributed by atoms with Crippen LogP contribution in [0, 0.1) is 0 Å². The van der Waals surface area contributed by atoms with Crippen LogP contribution in [-0.4, -0.2) is 83.0 Å². The molecule has 0 fully saturated rings. The van der Waals surface area contributed by atoms with Gasteiger partial charge in [-0.25, -0.2) is 5.90 Å². The molecule has 0 aromatic carbocycles. The molecule has 24 heavy (non-hydrogen) atoms. The van der Waals surface area contributed by atoms with Crippen molar-refractivity contribution in [3.63, 3.8) is 0 Å². The lowest BCUT2D eigenvalue weighted by Crippen LogP contribution is -2.31. The molecule has 0 saturated carbocycles. The van der Waals surface area contributed by atoms with Crippen molar-refractivity contribution in [1.82, 2.24) is 5.32 Å². The predicted molar refractivity (Wildman–Crippen MR) is 83.3 cm³/mol. The van der Waals surface area contributed by atoms with Gasteiger partial charge in [0, 0.05) is 19.6 Å². The van der Waals surface area contributed by atoms with Crippen LogP contribution < -0.4 is 11.2 Å². The molecule has 10 nitrogen and oxygen atoms in total. The molecule has 0 aliphatic heterocycles. The van der Waals surface area contributed by atoms with Crippen molar-refractivity contribution in [3.8, 4) is 0 Å². The monoisotopic (exact) mass is 352 g/mol. The quantitative estimate of drug-likeness (QED) is 0.208. The minimum Gasteiger partial charge on any atom is -0.481 e. The molecule has 0 bridgehead atoms. The third-order valence-corrected chi connectivity index (χ3v) is 2.58.